The minimum atomic E-state index is -2.50. The Labute approximate surface area is 98.9 Å². The number of halogens is 2. The number of nitrogens with two attached hydrogens (primary N) is 1. The highest BCUT2D eigenvalue weighted by atomic mass is 19.3. The monoisotopic (exact) mass is 233 g/mol. The Morgan fingerprint density at radius 2 is 1.76 bits per heavy atom. The first kappa shape index (κ1) is 11.6. The molecular weight excluding hydrogens is 220 g/mol. The molecule has 0 bridgehead atoms. The zero-order chi connectivity index (χ0) is 12.4. The molecule has 0 aliphatic heterocycles. The van der Waals surface area contributed by atoms with Gasteiger partial charge in [0.15, 0.2) is 0 Å². The Morgan fingerprint density at radius 3 is 2.41 bits per heavy atom. The number of aryl methyl sites for hydroxylation is 1. The van der Waals surface area contributed by atoms with Gasteiger partial charge in [0.2, 0.25) is 0 Å². The molecule has 17 heavy (non-hydrogen) atoms. The van der Waals surface area contributed by atoms with Crippen LogP contribution in [0.5, 0.6) is 0 Å². The first-order chi connectivity index (χ1) is 8.06. The van der Waals surface area contributed by atoms with Crippen molar-refractivity contribution in [2.45, 2.75) is 13.3 Å². The fourth-order valence-electron chi connectivity index (χ4n) is 1.79. The molecule has 0 aliphatic rings. The van der Waals surface area contributed by atoms with E-state index in [9.17, 15) is 8.78 Å². The van der Waals surface area contributed by atoms with Crippen molar-refractivity contribution in [2.75, 3.05) is 5.73 Å². The Kier molecular flexibility index (Phi) is 3.09. The molecule has 0 aromatic heterocycles. The van der Waals surface area contributed by atoms with E-state index in [1.807, 2.05) is 31.2 Å². The van der Waals surface area contributed by atoms with Crippen molar-refractivity contribution in [3.63, 3.8) is 0 Å². The number of alkyl halides is 2. The quantitative estimate of drug-likeness (QED) is 0.773. The van der Waals surface area contributed by atoms with E-state index in [4.69, 9.17) is 5.73 Å². The summed E-state index contributed by atoms with van der Waals surface area (Å²) in [4.78, 5) is 0. The molecule has 2 rings (SSSR count). The second-order valence-electron chi connectivity index (χ2n) is 4.06. The molecule has 0 amide bonds. The van der Waals surface area contributed by atoms with E-state index in [0.29, 0.717) is 5.69 Å². The van der Waals surface area contributed by atoms with Crippen molar-refractivity contribution >= 4 is 5.69 Å². The smallest absolute Gasteiger partial charge is 0.263 e. The lowest BCUT2D eigenvalue weighted by Crippen LogP contribution is -1.92. The molecule has 2 N–H and O–H groups in total. The van der Waals surface area contributed by atoms with Crippen molar-refractivity contribution in [1.82, 2.24) is 0 Å². The maximum absolute atomic E-state index is 12.7. The summed E-state index contributed by atoms with van der Waals surface area (Å²) in [6.07, 6.45) is -2.50. The Morgan fingerprint density at radius 1 is 1.00 bits per heavy atom. The van der Waals surface area contributed by atoms with Gasteiger partial charge in [-0.15, -0.1) is 0 Å². The number of anilines is 1. The van der Waals surface area contributed by atoms with E-state index in [0.717, 1.165) is 16.7 Å². The van der Waals surface area contributed by atoms with E-state index in [2.05, 4.69) is 0 Å². The summed E-state index contributed by atoms with van der Waals surface area (Å²) in [5.74, 6) is 0. The van der Waals surface area contributed by atoms with Crippen LogP contribution in [0, 0.1) is 6.92 Å². The summed E-state index contributed by atoms with van der Waals surface area (Å²) in [6.45, 7) is 1.96. The molecule has 0 saturated heterocycles. The minimum absolute atomic E-state index is 0.0403. The van der Waals surface area contributed by atoms with Crippen LogP contribution in [0.4, 0.5) is 14.5 Å². The van der Waals surface area contributed by atoms with Crippen molar-refractivity contribution in [3.05, 3.63) is 53.6 Å². The third-order valence-corrected chi connectivity index (χ3v) is 2.58. The summed E-state index contributed by atoms with van der Waals surface area (Å²) in [7, 11) is 0. The Hall–Kier alpha value is -1.90. The molecular formula is C14H13F2N. The molecule has 0 fully saturated rings. The summed E-state index contributed by atoms with van der Waals surface area (Å²) >= 11 is 0. The van der Waals surface area contributed by atoms with Gasteiger partial charge in [-0.05, 0) is 36.2 Å². The summed E-state index contributed by atoms with van der Waals surface area (Å²) < 4.78 is 25.3. The van der Waals surface area contributed by atoms with Gasteiger partial charge < -0.3 is 5.73 Å². The molecule has 2 aromatic carbocycles. The van der Waals surface area contributed by atoms with Gasteiger partial charge in [0, 0.05) is 11.3 Å². The number of hydrogen-bond acceptors (Lipinski definition) is 1. The molecule has 0 aliphatic carbocycles. The number of benzene rings is 2. The lowest BCUT2D eigenvalue weighted by atomic mass is 10.0. The van der Waals surface area contributed by atoms with Crippen LogP contribution in [0.25, 0.3) is 11.1 Å². The first-order valence-electron chi connectivity index (χ1n) is 5.32. The second kappa shape index (κ2) is 4.53. The standard InChI is InChI=1S/C14H13F2N/c1-9-3-2-4-10(5-9)11-6-12(14(15)16)8-13(17)7-11/h2-8,14H,17H2,1H3. The van der Waals surface area contributed by atoms with Crippen LogP contribution in [0.3, 0.4) is 0 Å². The van der Waals surface area contributed by atoms with Crippen LogP contribution in [0.1, 0.15) is 17.6 Å². The third kappa shape index (κ3) is 2.61. The number of hydrogen-bond donors (Lipinski definition) is 1. The third-order valence-electron chi connectivity index (χ3n) is 2.58. The highest BCUT2D eigenvalue weighted by Crippen LogP contribution is 2.28. The summed E-state index contributed by atoms with van der Waals surface area (Å²) in [5.41, 5.74) is 8.67. The lowest BCUT2D eigenvalue weighted by molar-refractivity contribution is 0.151. The minimum Gasteiger partial charge on any atom is -0.399 e. The average Bonchev–Trinajstić information content (AvgIpc) is 2.28. The molecule has 0 radical (unpaired) electrons. The van der Waals surface area contributed by atoms with Crippen LogP contribution in [-0.2, 0) is 0 Å². The van der Waals surface area contributed by atoms with E-state index in [1.165, 1.54) is 12.1 Å². The Balaban J connectivity index is 2.52. The fourth-order valence-corrected chi connectivity index (χ4v) is 1.79. The normalized spacial score (nSPS) is 10.8. The second-order valence-corrected chi connectivity index (χ2v) is 4.06. The van der Waals surface area contributed by atoms with E-state index in [1.54, 1.807) is 6.07 Å². The van der Waals surface area contributed by atoms with Crippen molar-refractivity contribution < 1.29 is 8.78 Å². The molecule has 0 atom stereocenters. The predicted octanol–water partition coefficient (Wildman–Crippen LogP) is 4.18. The zero-order valence-corrected chi connectivity index (χ0v) is 9.45. The molecule has 0 heterocycles. The van der Waals surface area contributed by atoms with Crippen LogP contribution in [0.15, 0.2) is 42.5 Å². The topological polar surface area (TPSA) is 26.0 Å². The lowest BCUT2D eigenvalue weighted by Gasteiger charge is -2.08. The molecule has 3 heteroatoms. The average molecular weight is 233 g/mol. The van der Waals surface area contributed by atoms with Gasteiger partial charge in [-0.25, -0.2) is 8.78 Å². The summed E-state index contributed by atoms with van der Waals surface area (Å²) in [6, 6.07) is 12.2. The van der Waals surface area contributed by atoms with Gasteiger partial charge in [0.05, 0.1) is 0 Å². The zero-order valence-electron chi connectivity index (χ0n) is 9.45. The van der Waals surface area contributed by atoms with Gasteiger partial charge in [-0.1, -0.05) is 29.8 Å². The number of rotatable bonds is 2. The highest BCUT2D eigenvalue weighted by molar-refractivity contribution is 5.69. The first-order valence-corrected chi connectivity index (χ1v) is 5.32. The summed E-state index contributed by atoms with van der Waals surface area (Å²) in [5, 5.41) is 0. The number of nitrogen functional groups attached to an aromatic ring is 1. The van der Waals surface area contributed by atoms with Gasteiger partial charge in [-0.3, -0.25) is 0 Å². The molecule has 1 nitrogen and oxygen atoms in total. The molecule has 0 saturated carbocycles. The fraction of sp³-hybridized carbons (Fsp3) is 0.143. The van der Waals surface area contributed by atoms with Gasteiger partial charge in [-0.2, -0.15) is 0 Å². The van der Waals surface area contributed by atoms with Crippen LogP contribution < -0.4 is 5.73 Å². The molecule has 0 unspecified atom stereocenters. The predicted molar refractivity (Wildman–Crippen MR) is 66.0 cm³/mol. The van der Waals surface area contributed by atoms with Crippen LogP contribution in [-0.4, -0.2) is 0 Å². The van der Waals surface area contributed by atoms with Crippen LogP contribution in [0.2, 0.25) is 0 Å². The van der Waals surface area contributed by atoms with Crippen LogP contribution >= 0.6 is 0 Å². The van der Waals surface area contributed by atoms with E-state index >= 15 is 0 Å². The van der Waals surface area contributed by atoms with Gasteiger partial charge in [0.1, 0.15) is 0 Å². The molecule has 2 aromatic rings. The molecule has 0 spiro atoms. The van der Waals surface area contributed by atoms with Gasteiger partial charge >= 0.3 is 0 Å². The van der Waals surface area contributed by atoms with Crippen molar-refractivity contribution in [1.29, 1.82) is 0 Å². The van der Waals surface area contributed by atoms with Gasteiger partial charge in [0.25, 0.3) is 6.43 Å². The maximum atomic E-state index is 12.7. The van der Waals surface area contributed by atoms with E-state index < -0.39 is 6.43 Å². The molecule has 88 valence electrons. The Bertz CT molecular complexity index is 535. The van der Waals surface area contributed by atoms with Crippen molar-refractivity contribution in [2.24, 2.45) is 0 Å². The SMILES string of the molecule is Cc1cccc(-c2cc(N)cc(C(F)F)c2)c1. The van der Waals surface area contributed by atoms with Crippen molar-refractivity contribution in [3.8, 4) is 11.1 Å². The van der Waals surface area contributed by atoms with E-state index in [-0.39, 0.29) is 5.56 Å². The largest absolute Gasteiger partial charge is 0.399 e. The highest BCUT2D eigenvalue weighted by Gasteiger charge is 2.09. The maximum Gasteiger partial charge on any atom is 0.263 e.